The van der Waals surface area contributed by atoms with Crippen molar-refractivity contribution in [1.82, 2.24) is 0 Å². The molecular weight excluding hydrogens is 290 g/mol. The monoisotopic (exact) mass is 305 g/mol. The zero-order valence-electron chi connectivity index (χ0n) is 11.7. The van der Waals surface area contributed by atoms with Gasteiger partial charge in [-0.1, -0.05) is 18.2 Å². The van der Waals surface area contributed by atoms with Gasteiger partial charge in [-0.2, -0.15) is 0 Å². The van der Waals surface area contributed by atoms with Gasteiger partial charge in [0.25, 0.3) is 10.0 Å². The predicted octanol–water partition coefficient (Wildman–Crippen LogP) is 2.55. The van der Waals surface area contributed by atoms with Gasteiger partial charge >= 0.3 is 0 Å². The highest BCUT2D eigenvalue weighted by Crippen LogP contribution is 2.36. The van der Waals surface area contributed by atoms with Crippen LogP contribution in [0.3, 0.4) is 0 Å². The number of anilines is 1. The van der Waals surface area contributed by atoms with Crippen LogP contribution in [0.4, 0.5) is 5.69 Å². The minimum Gasteiger partial charge on any atom is -0.454 e. The molecule has 0 unspecified atom stereocenters. The van der Waals surface area contributed by atoms with Crippen molar-refractivity contribution in [2.45, 2.75) is 11.8 Å². The summed E-state index contributed by atoms with van der Waals surface area (Å²) in [6.07, 6.45) is 0. The average molecular weight is 305 g/mol. The zero-order chi connectivity index (χ0) is 15.0. The van der Waals surface area contributed by atoms with E-state index < -0.39 is 10.0 Å². The third kappa shape index (κ3) is 2.31. The molecule has 2 aromatic carbocycles. The standard InChI is InChI=1S/C15H15NO4S/c1-11-5-3-4-6-15(11)21(17,18)16(2)12-7-8-13-14(9-12)20-10-19-13/h3-9H,10H2,1-2H3. The molecule has 0 fully saturated rings. The maximum absolute atomic E-state index is 12.7. The van der Waals surface area contributed by atoms with Crippen molar-refractivity contribution in [1.29, 1.82) is 0 Å². The number of benzene rings is 2. The molecule has 3 rings (SSSR count). The average Bonchev–Trinajstić information content (AvgIpc) is 2.94. The lowest BCUT2D eigenvalue weighted by molar-refractivity contribution is 0.174. The van der Waals surface area contributed by atoms with Crippen LogP contribution in [0.2, 0.25) is 0 Å². The summed E-state index contributed by atoms with van der Waals surface area (Å²) in [6.45, 7) is 1.94. The van der Waals surface area contributed by atoms with E-state index >= 15 is 0 Å². The molecule has 6 heteroatoms. The minimum absolute atomic E-state index is 0.160. The molecule has 0 amide bonds. The molecule has 0 radical (unpaired) electrons. The molecule has 0 spiro atoms. The summed E-state index contributed by atoms with van der Waals surface area (Å²) in [7, 11) is -2.08. The molecule has 110 valence electrons. The number of hydrogen-bond acceptors (Lipinski definition) is 4. The Morgan fingerprint density at radius 2 is 1.76 bits per heavy atom. The van der Waals surface area contributed by atoms with Crippen LogP contribution in [0.25, 0.3) is 0 Å². The summed E-state index contributed by atoms with van der Waals surface area (Å²) in [5, 5.41) is 0. The lowest BCUT2D eigenvalue weighted by Crippen LogP contribution is -2.27. The van der Waals surface area contributed by atoms with Gasteiger partial charge < -0.3 is 9.47 Å². The molecule has 2 aromatic rings. The van der Waals surface area contributed by atoms with E-state index in [0.29, 0.717) is 27.6 Å². The van der Waals surface area contributed by atoms with Crippen molar-refractivity contribution in [3.05, 3.63) is 48.0 Å². The quantitative estimate of drug-likeness (QED) is 0.874. The molecule has 0 atom stereocenters. The summed E-state index contributed by atoms with van der Waals surface area (Å²) >= 11 is 0. The lowest BCUT2D eigenvalue weighted by atomic mass is 10.2. The normalized spacial score (nSPS) is 13.2. The van der Waals surface area contributed by atoms with Gasteiger partial charge in [0.05, 0.1) is 10.6 Å². The highest BCUT2D eigenvalue weighted by atomic mass is 32.2. The molecule has 1 heterocycles. The summed E-state index contributed by atoms with van der Waals surface area (Å²) in [4.78, 5) is 0.296. The van der Waals surface area contributed by atoms with E-state index in [1.54, 1.807) is 43.3 Å². The second-order valence-electron chi connectivity index (χ2n) is 4.78. The summed E-state index contributed by atoms with van der Waals surface area (Å²) in [5.41, 5.74) is 1.24. The molecule has 5 nitrogen and oxygen atoms in total. The molecular formula is C15H15NO4S. The number of fused-ring (bicyclic) bond motifs is 1. The van der Waals surface area contributed by atoms with E-state index in [1.807, 2.05) is 6.07 Å². The van der Waals surface area contributed by atoms with Crippen LogP contribution in [0.1, 0.15) is 5.56 Å². The Labute approximate surface area is 123 Å². The summed E-state index contributed by atoms with van der Waals surface area (Å²) in [5.74, 6) is 1.18. The van der Waals surface area contributed by atoms with Gasteiger partial charge in [0.1, 0.15) is 0 Å². The number of ether oxygens (including phenoxy) is 2. The fourth-order valence-electron chi connectivity index (χ4n) is 2.21. The molecule has 0 N–H and O–H groups in total. The first kappa shape index (κ1) is 13.8. The third-order valence-corrected chi connectivity index (χ3v) is 5.40. The molecule has 1 aliphatic rings. The first-order valence-corrected chi connectivity index (χ1v) is 7.88. The summed E-state index contributed by atoms with van der Waals surface area (Å²) < 4.78 is 37.2. The van der Waals surface area contributed by atoms with Crippen molar-refractivity contribution in [2.75, 3.05) is 18.1 Å². The fraction of sp³-hybridized carbons (Fsp3) is 0.200. The van der Waals surface area contributed by atoms with Crippen LogP contribution in [0, 0.1) is 6.92 Å². The smallest absolute Gasteiger partial charge is 0.264 e. The molecule has 21 heavy (non-hydrogen) atoms. The van der Waals surface area contributed by atoms with Gasteiger partial charge in [0, 0.05) is 13.1 Å². The molecule has 1 aliphatic heterocycles. The predicted molar refractivity (Wildman–Crippen MR) is 79.3 cm³/mol. The van der Waals surface area contributed by atoms with Gasteiger partial charge in [0.2, 0.25) is 6.79 Å². The Morgan fingerprint density at radius 3 is 2.52 bits per heavy atom. The van der Waals surface area contributed by atoms with Crippen molar-refractivity contribution in [2.24, 2.45) is 0 Å². The Morgan fingerprint density at radius 1 is 1.05 bits per heavy atom. The molecule has 0 bridgehead atoms. The van der Waals surface area contributed by atoms with E-state index in [9.17, 15) is 8.42 Å². The molecule has 0 saturated carbocycles. The Hall–Kier alpha value is -2.21. The van der Waals surface area contributed by atoms with Gasteiger partial charge in [-0.15, -0.1) is 0 Å². The first-order chi connectivity index (χ1) is 10.00. The number of sulfonamides is 1. The van der Waals surface area contributed by atoms with Crippen LogP contribution < -0.4 is 13.8 Å². The van der Waals surface area contributed by atoms with Gasteiger partial charge in [0.15, 0.2) is 11.5 Å². The fourth-order valence-corrected chi connectivity index (χ4v) is 3.62. The maximum atomic E-state index is 12.7. The van der Waals surface area contributed by atoms with E-state index in [-0.39, 0.29) is 6.79 Å². The van der Waals surface area contributed by atoms with Gasteiger partial charge in [-0.3, -0.25) is 4.31 Å². The SMILES string of the molecule is Cc1ccccc1S(=O)(=O)N(C)c1ccc2c(c1)OCO2. The van der Waals surface area contributed by atoms with Crippen molar-refractivity contribution >= 4 is 15.7 Å². The third-order valence-electron chi connectivity index (χ3n) is 3.45. The van der Waals surface area contributed by atoms with Crippen molar-refractivity contribution in [3.63, 3.8) is 0 Å². The second kappa shape index (κ2) is 4.96. The highest BCUT2D eigenvalue weighted by Gasteiger charge is 2.24. The van der Waals surface area contributed by atoms with Crippen LogP contribution in [-0.2, 0) is 10.0 Å². The Balaban J connectivity index is 2.02. The first-order valence-electron chi connectivity index (χ1n) is 6.44. The highest BCUT2D eigenvalue weighted by molar-refractivity contribution is 7.92. The van der Waals surface area contributed by atoms with E-state index in [2.05, 4.69) is 0 Å². The minimum atomic E-state index is -3.60. The molecule has 0 saturated heterocycles. The van der Waals surface area contributed by atoms with Crippen LogP contribution >= 0.6 is 0 Å². The van der Waals surface area contributed by atoms with Crippen molar-refractivity contribution in [3.8, 4) is 11.5 Å². The Kier molecular flexibility index (Phi) is 3.25. The number of rotatable bonds is 3. The zero-order valence-corrected chi connectivity index (χ0v) is 12.6. The van der Waals surface area contributed by atoms with E-state index in [0.717, 1.165) is 0 Å². The van der Waals surface area contributed by atoms with E-state index in [1.165, 1.54) is 11.4 Å². The number of aryl methyl sites for hydroxylation is 1. The molecule has 0 aromatic heterocycles. The maximum Gasteiger partial charge on any atom is 0.264 e. The Bertz CT molecular complexity index is 786. The number of nitrogens with zero attached hydrogens (tertiary/aromatic N) is 1. The molecule has 0 aliphatic carbocycles. The van der Waals surface area contributed by atoms with Gasteiger partial charge in [-0.05, 0) is 30.7 Å². The number of hydrogen-bond donors (Lipinski definition) is 0. The van der Waals surface area contributed by atoms with Crippen molar-refractivity contribution < 1.29 is 17.9 Å². The van der Waals surface area contributed by atoms with Gasteiger partial charge in [-0.25, -0.2) is 8.42 Å². The van der Waals surface area contributed by atoms with Crippen LogP contribution in [0.15, 0.2) is 47.4 Å². The van der Waals surface area contributed by atoms with Crippen LogP contribution in [-0.4, -0.2) is 22.3 Å². The van der Waals surface area contributed by atoms with E-state index in [4.69, 9.17) is 9.47 Å². The second-order valence-corrected chi connectivity index (χ2v) is 6.71. The van der Waals surface area contributed by atoms with Crippen LogP contribution in [0.5, 0.6) is 11.5 Å². The topological polar surface area (TPSA) is 55.8 Å². The lowest BCUT2D eigenvalue weighted by Gasteiger charge is -2.20. The summed E-state index contributed by atoms with van der Waals surface area (Å²) in [6, 6.07) is 12.0. The largest absolute Gasteiger partial charge is 0.454 e.